The maximum absolute atomic E-state index is 6.86. The Morgan fingerprint density at radius 2 is 1.28 bits per heavy atom. The average molecular weight is 697 g/mol. The maximum atomic E-state index is 6.86. The number of allylic oxidation sites excluding steroid dienone is 5. The first kappa shape index (κ1) is 31.0. The van der Waals surface area contributed by atoms with Crippen LogP contribution in [-0.4, -0.2) is 25.6 Å². The Labute approximate surface area is 314 Å². The molecule has 0 spiro atoms. The van der Waals surface area contributed by atoms with Crippen LogP contribution in [0.15, 0.2) is 152 Å². The summed E-state index contributed by atoms with van der Waals surface area (Å²) in [5.41, 5.74) is 11.5. The van der Waals surface area contributed by atoms with E-state index in [1.807, 2.05) is 60.7 Å². The minimum atomic E-state index is -0.101. The lowest BCUT2D eigenvalue weighted by Gasteiger charge is -2.37. The molecule has 11 rings (SSSR count). The van der Waals surface area contributed by atoms with Gasteiger partial charge in [-0.2, -0.15) is 0 Å². The average Bonchev–Trinajstić information content (AvgIpc) is 3.78. The summed E-state index contributed by atoms with van der Waals surface area (Å²) in [5.74, 6) is 3.29. The first-order chi connectivity index (χ1) is 26.5. The maximum Gasteiger partial charge on any atom is 0.164 e. The number of ether oxygens (including phenoxy) is 1. The fraction of sp³-hybridized carbons (Fsp3) is 0.122. The van der Waals surface area contributed by atoms with E-state index in [9.17, 15) is 0 Å². The molecule has 0 saturated heterocycles. The summed E-state index contributed by atoms with van der Waals surface area (Å²) in [5, 5.41) is 2.47. The molecular formula is C49H36N4O. The van der Waals surface area contributed by atoms with Crippen LogP contribution in [0, 0.1) is 5.41 Å². The van der Waals surface area contributed by atoms with Gasteiger partial charge in [0.2, 0.25) is 0 Å². The third kappa shape index (κ3) is 4.61. The van der Waals surface area contributed by atoms with Gasteiger partial charge in [0.25, 0.3) is 0 Å². The standard InChI is InChI=1S/C49H36N4O/c1-30-42-40(29-37-43-36-18-10-9-13-31(36)22-25-41(43)54-45(30)37)53(39-26-28-49(2)27-12-11-19-38(49)44(39)42)35-23-20-34(21-24-35)48-51-46(32-14-5-3-6-15-32)50-47(52-48)33-16-7-4-8-17-33/h3-30,38,45H,1-2H3. The minimum Gasteiger partial charge on any atom is -0.484 e. The Morgan fingerprint density at radius 1 is 0.630 bits per heavy atom. The summed E-state index contributed by atoms with van der Waals surface area (Å²) in [6.07, 6.45) is 16.2. The highest BCUT2D eigenvalue weighted by atomic mass is 16.5. The largest absolute Gasteiger partial charge is 0.484 e. The number of hydrogen-bond acceptors (Lipinski definition) is 4. The van der Waals surface area contributed by atoms with Gasteiger partial charge in [0.1, 0.15) is 11.9 Å². The lowest BCUT2D eigenvalue weighted by molar-refractivity contribution is 0.246. The molecule has 4 aliphatic rings. The number of fused-ring (bicyclic) bond motifs is 10. The van der Waals surface area contributed by atoms with Crippen molar-refractivity contribution in [3.63, 3.8) is 0 Å². The molecule has 5 aromatic carbocycles. The van der Waals surface area contributed by atoms with Crippen LogP contribution in [0.2, 0.25) is 0 Å². The van der Waals surface area contributed by atoms with Crippen molar-refractivity contribution in [2.75, 3.05) is 0 Å². The molecule has 0 fully saturated rings. The van der Waals surface area contributed by atoms with Crippen molar-refractivity contribution in [3.8, 4) is 45.6 Å². The van der Waals surface area contributed by atoms with Crippen LogP contribution >= 0.6 is 0 Å². The molecule has 0 saturated carbocycles. The van der Waals surface area contributed by atoms with Gasteiger partial charge in [-0.15, -0.1) is 0 Å². The first-order valence-electron chi connectivity index (χ1n) is 18.8. The minimum absolute atomic E-state index is 0.0534. The van der Waals surface area contributed by atoms with Crippen molar-refractivity contribution >= 4 is 28.5 Å². The fourth-order valence-corrected chi connectivity index (χ4v) is 9.12. The molecule has 5 heteroatoms. The first-order valence-corrected chi connectivity index (χ1v) is 18.8. The Bertz CT molecular complexity index is 2720. The van der Waals surface area contributed by atoms with Gasteiger partial charge in [-0.3, -0.25) is 0 Å². The summed E-state index contributed by atoms with van der Waals surface area (Å²) in [6.45, 7) is 4.70. The van der Waals surface area contributed by atoms with Crippen LogP contribution < -0.4 is 4.74 Å². The summed E-state index contributed by atoms with van der Waals surface area (Å²) in [7, 11) is 0. The number of nitrogens with zero attached hydrogens (tertiary/aromatic N) is 4. The number of aromatic nitrogens is 4. The molecule has 0 amide bonds. The van der Waals surface area contributed by atoms with Gasteiger partial charge in [0.05, 0.1) is 11.4 Å². The number of rotatable bonds is 4. The van der Waals surface area contributed by atoms with Gasteiger partial charge in [-0.25, -0.2) is 15.0 Å². The topological polar surface area (TPSA) is 52.8 Å². The smallest absolute Gasteiger partial charge is 0.164 e. The van der Waals surface area contributed by atoms with Crippen molar-refractivity contribution in [3.05, 3.63) is 180 Å². The van der Waals surface area contributed by atoms with Crippen molar-refractivity contribution in [2.24, 2.45) is 5.41 Å². The second-order valence-corrected chi connectivity index (χ2v) is 15.0. The second-order valence-electron chi connectivity index (χ2n) is 15.0. The fourth-order valence-electron chi connectivity index (χ4n) is 9.12. The van der Waals surface area contributed by atoms with Crippen LogP contribution in [-0.2, 0) is 0 Å². The Balaban J connectivity index is 1.09. The summed E-state index contributed by atoms with van der Waals surface area (Å²) < 4.78 is 9.33. The predicted molar refractivity (Wildman–Crippen MR) is 218 cm³/mol. The third-order valence-corrected chi connectivity index (χ3v) is 11.8. The zero-order valence-electron chi connectivity index (χ0n) is 30.0. The van der Waals surface area contributed by atoms with E-state index >= 15 is 0 Å². The van der Waals surface area contributed by atoms with Crippen LogP contribution in [0.1, 0.15) is 53.8 Å². The second kappa shape index (κ2) is 11.7. The normalized spacial score (nSPS) is 21.4. The van der Waals surface area contributed by atoms with Gasteiger partial charge in [-0.05, 0) is 64.4 Å². The lowest BCUT2D eigenvalue weighted by atomic mass is 9.66. The van der Waals surface area contributed by atoms with E-state index in [2.05, 4.69) is 122 Å². The molecule has 3 heterocycles. The van der Waals surface area contributed by atoms with Gasteiger partial charge >= 0.3 is 0 Å². The SMILES string of the molecule is CC1c2c3c(n(-c4ccc(-c5nc(-c6ccccc6)nc(-c6ccccc6)n5)cc4)c2C=C2c4c(ccc5ccccc45)OC21)C=CC1(C)C=CC=CC31. The van der Waals surface area contributed by atoms with Crippen molar-refractivity contribution in [1.29, 1.82) is 0 Å². The molecule has 7 aromatic rings. The summed E-state index contributed by atoms with van der Waals surface area (Å²) in [4.78, 5) is 14.9. The number of benzene rings is 5. The van der Waals surface area contributed by atoms with Gasteiger partial charge in [0.15, 0.2) is 17.5 Å². The lowest BCUT2D eigenvalue weighted by Crippen LogP contribution is -2.28. The zero-order valence-corrected chi connectivity index (χ0v) is 30.0. The van der Waals surface area contributed by atoms with Crippen molar-refractivity contribution in [2.45, 2.75) is 31.8 Å². The molecule has 258 valence electrons. The van der Waals surface area contributed by atoms with Gasteiger partial charge < -0.3 is 9.30 Å². The van der Waals surface area contributed by atoms with Crippen molar-refractivity contribution in [1.82, 2.24) is 19.5 Å². The quantitative estimate of drug-likeness (QED) is 0.184. The molecular weight excluding hydrogens is 661 g/mol. The molecule has 4 unspecified atom stereocenters. The van der Waals surface area contributed by atoms with E-state index in [0.717, 1.165) is 28.1 Å². The van der Waals surface area contributed by atoms with Crippen LogP contribution in [0.25, 0.3) is 68.3 Å². The van der Waals surface area contributed by atoms with Gasteiger partial charge in [0, 0.05) is 50.8 Å². The Kier molecular flexibility index (Phi) is 6.72. The molecule has 1 aliphatic heterocycles. The van der Waals surface area contributed by atoms with E-state index in [1.54, 1.807) is 0 Å². The molecule has 4 atom stereocenters. The summed E-state index contributed by atoms with van der Waals surface area (Å²) >= 11 is 0. The van der Waals surface area contributed by atoms with Crippen molar-refractivity contribution < 1.29 is 4.74 Å². The Hall–Kier alpha value is -6.59. The molecule has 54 heavy (non-hydrogen) atoms. The van der Waals surface area contributed by atoms with Gasteiger partial charge in [-0.1, -0.05) is 135 Å². The van der Waals surface area contributed by atoms with E-state index in [1.165, 1.54) is 44.4 Å². The third-order valence-electron chi connectivity index (χ3n) is 11.8. The molecule has 3 aliphatic carbocycles. The predicted octanol–water partition coefficient (Wildman–Crippen LogP) is 11.5. The number of hydrogen-bond donors (Lipinski definition) is 0. The van der Waals surface area contributed by atoms with E-state index in [4.69, 9.17) is 19.7 Å². The summed E-state index contributed by atoms with van der Waals surface area (Å²) in [6, 6.07) is 42.0. The highest BCUT2D eigenvalue weighted by Gasteiger charge is 2.46. The van der Waals surface area contributed by atoms with E-state index in [0.29, 0.717) is 17.5 Å². The molecule has 0 N–H and O–H groups in total. The van der Waals surface area contributed by atoms with Crippen LogP contribution in [0.5, 0.6) is 5.75 Å². The molecule has 0 radical (unpaired) electrons. The highest BCUT2D eigenvalue weighted by Crippen LogP contribution is 2.57. The zero-order chi connectivity index (χ0) is 36.0. The van der Waals surface area contributed by atoms with E-state index in [-0.39, 0.29) is 23.4 Å². The van der Waals surface area contributed by atoms with E-state index < -0.39 is 0 Å². The monoisotopic (exact) mass is 696 g/mol. The van der Waals surface area contributed by atoms with Crippen LogP contribution in [0.4, 0.5) is 0 Å². The highest BCUT2D eigenvalue weighted by molar-refractivity contribution is 6.04. The molecule has 5 nitrogen and oxygen atoms in total. The molecule has 2 aromatic heterocycles. The Morgan fingerprint density at radius 3 is 1.98 bits per heavy atom. The molecule has 0 bridgehead atoms. The van der Waals surface area contributed by atoms with Crippen LogP contribution in [0.3, 0.4) is 0 Å².